The molecule has 25 heavy (non-hydrogen) atoms. The molecule has 4 rings (SSSR count). The number of nitrogens with zero attached hydrogens (tertiary/aromatic N) is 1. The summed E-state index contributed by atoms with van der Waals surface area (Å²) in [6.45, 7) is 0.467. The lowest BCUT2D eigenvalue weighted by Crippen LogP contribution is -1.97. The van der Waals surface area contributed by atoms with Crippen molar-refractivity contribution in [3.8, 4) is 17.1 Å². The molecule has 0 atom stereocenters. The SMILES string of the molecule is Clc1ccc(OCc2cccc(Br)c2)c(-c2nc3ccccc3[nH]2)c1. The van der Waals surface area contributed by atoms with Crippen LogP contribution in [0.15, 0.2) is 71.2 Å². The van der Waals surface area contributed by atoms with Crippen LogP contribution in [-0.4, -0.2) is 9.97 Å². The Bertz CT molecular complexity index is 1010. The van der Waals surface area contributed by atoms with Gasteiger partial charge in [0.2, 0.25) is 0 Å². The van der Waals surface area contributed by atoms with E-state index in [0.717, 1.165) is 38.2 Å². The van der Waals surface area contributed by atoms with E-state index < -0.39 is 0 Å². The standard InChI is InChI=1S/C20H14BrClN2O/c21-14-5-3-4-13(10-14)12-25-19-9-8-15(22)11-16(19)20-23-17-6-1-2-7-18(17)24-20/h1-11H,12H2,(H,23,24). The molecule has 0 bridgehead atoms. The van der Waals surface area contributed by atoms with Crippen molar-refractivity contribution in [1.29, 1.82) is 0 Å². The molecule has 3 aromatic carbocycles. The molecule has 0 aliphatic carbocycles. The molecule has 0 spiro atoms. The molecule has 0 amide bonds. The molecule has 0 saturated carbocycles. The van der Waals surface area contributed by atoms with Gasteiger partial charge in [0.1, 0.15) is 18.2 Å². The van der Waals surface area contributed by atoms with Gasteiger partial charge in [-0.05, 0) is 48.0 Å². The summed E-state index contributed by atoms with van der Waals surface area (Å²) in [5, 5.41) is 0.644. The second kappa shape index (κ2) is 6.90. The molecule has 0 unspecified atom stereocenters. The number of fused-ring (bicyclic) bond motifs is 1. The summed E-state index contributed by atoms with van der Waals surface area (Å²) in [5.41, 5.74) is 3.82. The largest absolute Gasteiger partial charge is 0.488 e. The molecule has 0 aliphatic rings. The molecular formula is C20H14BrClN2O. The van der Waals surface area contributed by atoms with Crippen LogP contribution in [-0.2, 0) is 6.61 Å². The Morgan fingerprint density at radius 3 is 2.72 bits per heavy atom. The summed E-state index contributed by atoms with van der Waals surface area (Å²) >= 11 is 9.68. The smallest absolute Gasteiger partial charge is 0.142 e. The van der Waals surface area contributed by atoms with Crippen LogP contribution in [0.5, 0.6) is 5.75 Å². The van der Waals surface area contributed by atoms with E-state index in [1.54, 1.807) is 0 Å². The van der Waals surface area contributed by atoms with Crippen LogP contribution in [0.3, 0.4) is 0 Å². The molecular weight excluding hydrogens is 400 g/mol. The van der Waals surface area contributed by atoms with Gasteiger partial charge in [-0.15, -0.1) is 0 Å². The number of nitrogens with one attached hydrogen (secondary N) is 1. The zero-order valence-electron chi connectivity index (χ0n) is 13.2. The van der Waals surface area contributed by atoms with Crippen molar-refractivity contribution in [2.75, 3.05) is 0 Å². The molecule has 3 nitrogen and oxygen atoms in total. The van der Waals surface area contributed by atoms with Crippen LogP contribution in [0.2, 0.25) is 5.02 Å². The first-order valence-electron chi connectivity index (χ1n) is 7.81. The fourth-order valence-electron chi connectivity index (χ4n) is 2.68. The maximum absolute atomic E-state index is 6.20. The van der Waals surface area contributed by atoms with E-state index in [1.807, 2.05) is 66.7 Å². The highest BCUT2D eigenvalue weighted by Gasteiger charge is 2.12. The van der Waals surface area contributed by atoms with Gasteiger partial charge >= 0.3 is 0 Å². The monoisotopic (exact) mass is 412 g/mol. The number of hydrogen-bond acceptors (Lipinski definition) is 2. The summed E-state index contributed by atoms with van der Waals surface area (Å²) in [6, 6.07) is 21.5. The first-order chi connectivity index (χ1) is 12.2. The molecule has 1 N–H and O–H groups in total. The summed E-state index contributed by atoms with van der Waals surface area (Å²) in [6.07, 6.45) is 0. The molecule has 1 heterocycles. The number of para-hydroxylation sites is 2. The van der Waals surface area contributed by atoms with E-state index >= 15 is 0 Å². The zero-order valence-corrected chi connectivity index (χ0v) is 15.5. The number of H-pyrrole nitrogens is 1. The number of benzene rings is 3. The van der Waals surface area contributed by atoms with Gasteiger partial charge in [-0.25, -0.2) is 4.98 Å². The van der Waals surface area contributed by atoms with Crippen LogP contribution in [0.4, 0.5) is 0 Å². The van der Waals surface area contributed by atoms with Gasteiger partial charge in [0.15, 0.2) is 0 Å². The number of imidazole rings is 1. The summed E-state index contributed by atoms with van der Waals surface area (Å²) in [7, 11) is 0. The van der Waals surface area contributed by atoms with Crippen LogP contribution < -0.4 is 4.74 Å². The van der Waals surface area contributed by atoms with E-state index in [9.17, 15) is 0 Å². The number of aromatic amines is 1. The quantitative estimate of drug-likeness (QED) is 0.431. The second-order valence-electron chi connectivity index (χ2n) is 5.66. The van der Waals surface area contributed by atoms with E-state index in [1.165, 1.54) is 0 Å². The Hall–Kier alpha value is -2.30. The van der Waals surface area contributed by atoms with Crippen molar-refractivity contribution < 1.29 is 4.74 Å². The van der Waals surface area contributed by atoms with Crippen molar-refractivity contribution in [2.24, 2.45) is 0 Å². The molecule has 1 aromatic heterocycles. The number of aromatic nitrogens is 2. The van der Waals surface area contributed by atoms with E-state index in [0.29, 0.717) is 11.6 Å². The van der Waals surface area contributed by atoms with Gasteiger partial charge in [0.25, 0.3) is 0 Å². The van der Waals surface area contributed by atoms with Crippen molar-refractivity contribution in [2.45, 2.75) is 6.61 Å². The molecule has 124 valence electrons. The lowest BCUT2D eigenvalue weighted by molar-refractivity contribution is 0.307. The van der Waals surface area contributed by atoms with Gasteiger partial charge in [0, 0.05) is 9.50 Å². The molecule has 0 saturated heterocycles. The van der Waals surface area contributed by atoms with Crippen LogP contribution in [0.1, 0.15) is 5.56 Å². The molecule has 0 radical (unpaired) electrons. The zero-order chi connectivity index (χ0) is 17.2. The van der Waals surface area contributed by atoms with Crippen LogP contribution >= 0.6 is 27.5 Å². The Balaban J connectivity index is 1.68. The fraction of sp³-hybridized carbons (Fsp3) is 0.0500. The predicted octanol–water partition coefficient (Wildman–Crippen LogP) is 6.22. The maximum Gasteiger partial charge on any atom is 0.142 e. The first kappa shape index (κ1) is 16.2. The topological polar surface area (TPSA) is 37.9 Å². The lowest BCUT2D eigenvalue weighted by atomic mass is 10.2. The molecule has 0 fully saturated rings. The number of rotatable bonds is 4. The highest BCUT2D eigenvalue weighted by molar-refractivity contribution is 9.10. The molecule has 4 aromatic rings. The Morgan fingerprint density at radius 2 is 1.88 bits per heavy atom. The minimum atomic E-state index is 0.467. The van der Waals surface area contributed by atoms with Crippen molar-refractivity contribution in [1.82, 2.24) is 9.97 Å². The van der Waals surface area contributed by atoms with Gasteiger partial charge in [-0.2, -0.15) is 0 Å². The van der Waals surface area contributed by atoms with Crippen molar-refractivity contribution >= 4 is 38.6 Å². The van der Waals surface area contributed by atoms with Crippen molar-refractivity contribution in [3.05, 3.63) is 81.8 Å². The summed E-state index contributed by atoms with van der Waals surface area (Å²) in [4.78, 5) is 7.98. The minimum absolute atomic E-state index is 0.467. The third kappa shape index (κ3) is 3.55. The van der Waals surface area contributed by atoms with Crippen molar-refractivity contribution in [3.63, 3.8) is 0 Å². The van der Waals surface area contributed by atoms with E-state index in [4.69, 9.17) is 16.3 Å². The average molecular weight is 414 g/mol. The highest BCUT2D eigenvalue weighted by Crippen LogP contribution is 2.32. The first-order valence-corrected chi connectivity index (χ1v) is 8.98. The molecule has 0 aliphatic heterocycles. The Labute approximate surface area is 158 Å². The number of hydrogen-bond donors (Lipinski definition) is 1. The molecule has 5 heteroatoms. The predicted molar refractivity (Wildman–Crippen MR) is 105 cm³/mol. The Morgan fingerprint density at radius 1 is 1.00 bits per heavy atom. The van der Waals surface area contributed by atoms with Crippen LogP contribution in [0.25, 0.3) is 22.4 Å². The van der Waals surface area contributed by atoms with E-state index in [2.05, 4.69) is 25.9 Å². The number of ether oxygens (including phenoxy) is 1. The summed E-state index contributed by atoms with van der Waals surface area (Å²) in [5.74, 6) is 1.48. The third-order valence-corrected chi connectivity index (χ3v) is 4.60. The highest BCUT2D eigenvalue weighted by atomic mass is 79.9. The van der Waals surface area contributed by atoms with Gasteiger partial charge in [-0.1, -0.05) is 51.8 Å². The minimum Gasteiger partial charge on any atom is -0.488 e. The summed E-state index contributed by atoms with van der Waals surface area (Å²) < 4.78 is 7.07. The number of halogens is 2. The van der Waals surface area contributed by atoms with Gasteiger partial charge in [-0.3, -0.25) is 0 Å². The van der Waals surface area contributed by atoms with Gasteiger partial charge < -0.3 is 9.72 Å². The third-order valence-electron chi connectivity index (χ3n) is 3.87. The van der Waals surface area contributed by atoms with E-state index in [-0.39, 0.29) is 0 Å². The normalized spacial score (nSPS) is 11.0. The average Bonchev–Trinajstić information content (AvgIpc) is 3.05. The Kier molecular flexibility index (Phi) is 4.47. The van der Waals surface area contributed by atoms with Gasteiger partial charge in [0.05, 0.1) is 16.6 Å². The second-order valence-corrected chi connectivity index (χ2v) is 7.01. The lowest BCUT2D eigenvalue weighted by Gasteiger charge is -2.11. The fourth-order valence-corrected chi connectivity index (χ4v) is 3.30. The maximum atomic E-state index is 6.20. The van der Waals surface area contributed by atoms with Crippen LogP contribution in [0, 0.1) is 0 Å².